The highest BCUT2D eigenvalue weighted by atomic mass is 16.3. The van der Waals surface area contributed by atoms with Crippen molar-refractivity contribution in [3.63, 3.8) is 0 Å². The Morgan fingerprint density at radius 2 is 2.12 bits per heavy atom. The molecule has 0 aromatic carbocycles. The number of carbonyl (C=O) groups excluding carboxylic acids is 1. The van der Waals surface area contributed by atoms with E-state index in [0.29, 0.717) is 11.8 Å². The Bertz CT molecular complexity index is 330. The minimum atomic E-state index is -0.432. The summed E-state index contributed by atoms with van der Waals surface area (Å²) >= 11 is 0. The van der Waals surface area contributed by atoms with Gasteiger partial charge in [-0.2, -0.15) is 0 Å². The lowest BCUT2D eigenvalue weighted by atomic mass is 9.86. The summed E-state index contributed by atoms with van der Waals surface area (Å²) in [4.78, 5) is 11.6. The van der Waals surface area contributed by atoms with Crippen LogP contribution in [0, 0.1) is 17.8 Å². The first kappa shape index (κ1) is 11.8. The van der Waals surface area contributed by atoms with Gasteiger partial charge in [-0.25, -0.2) is 0 Å². The summed E-state index contributed by atoms with van der Waals surface area (Å²) in [7, 11) is 0. The molecule has 2 nitrogen and oxygen atoms in total. The molecule has 2 aliphatic carbocycles. The van der Waals surface area contributed by atoms with Gasteiger partial charge in [-0.1, -0.05) is 18.1 Å². The van der Waals surface area contributed by atoms with Gasteiger partial charge in [-0.05, 0) is 51.4 Å². The molecular formula is C14H22O2. The summed E-state index contributed by atoms with van der Waals surface area (Å²) in [6.07, 6.45) is 3.56. The third-order valence-electron chi connectivity index (χ3n) is 4.55. The van der Waals surface area contributed by atoms with E-state index < -0.39 is 6.10 Å². The molecule has 1 N–H and O–H groups in total. The highest BCUT2D eigenvalue weighted by Gasteiger charge is 2.38. The van der Waals surface area contributed by atoms with Crippen LogP contribution < -0.4 is 0 Å². The van der Waals surface area contributed by atoms with Crippen molar-refractivity contribution in [1.29, 1.82) is 0 Å². The molecule has 2 rings (SSSR count). The first-order valence-electron chi connectivity index (χ1n) is 6.37. The fraction of sp³-hybridized carbons (Fsp3) is 0.786. The summed E-state index contributed by atoms with van der Waals surface area (Å²) in [5.41, 5.74) is 2.95. The van der Waals surface area contributed by atoms with Crippen LogP contribution in [0.3, 0.4) is 0 Å². The minimum absolute atomic E-state index is 0.146. The molecule has 0 aliphatic heterocycles. The van der Waals surface area contributed by atoms with Crippen molar-refractivity contribution >= 4 is 5.78 Å². The molecule has 0 bridgehead atoms. The molecular weight excluding hydrogens is 200 g/mol. The van der Waals surface area contributed by atoms with E-state index in [1.807, 2.05) is 0 Å². The summed E-state index contributed by atoms with van der Waals surface area (Å²) < 4.78 is 0. The largest absolute Gasteiger partial charge is 0.392 e. The van der Waals surface area contributed by atoms with Crippen LogP contribution in [0.2, 0.25) is 0 Å². The molecule has 90 valence electrons. The lowest BCUT2D eigenvalue weighted by Gasteiger charge is -2.20. The molecule has 0 heterocycles. The van der Waals surface area contributed by atoms with E-state index in [1.165, 1.54) is 24.0 Å². The maximum atomic E-state index is 11.6. The second kappa shape index (κ2) is 4.33. The number of allylic oxidation sites excluding steroid dienone is 2. The number of rotatable bonds is 1. The van der Waals surface area contributed by atoms with Gasteiger partial charge >= 0.3 is 0 Å². The molecule has 0 unspecified atom stereocenters. The molecule has 4 atom stereocenters. The SMILES string of the molecule is CC(=O)[C@@H]1CC2=C(C)CC[C@H]2[C@H](C)C[C@@H]1O. The molecule has 0 radical (unpaired) electrons. The van der Waals surface area contributed by atoms with Crippen LogP contribution in [0.4, 0.5) is 0 Å². The fourth-order valence-electron chi connectivity index (χ4n) is 3.47. The smallest absolute Gasteiger partial charge is 0.135 e. The molecule has 2 aliphatic rings. The Balaban J connectivity index is 2.29. The van der Waals surface area contributed by atoms with E-state index in [-0.39, 0.29) is 11.7 Å². The topological polar surface area (TPSA) is 37.3 Å². The zero-order chi connectivity index (χ0) is 11.9. The van der Waals surface area contributed by atoms with Crippen LogP contribution in [-0.2, 0) is 4.79 Å². The van der Waals surface area contributed by atoms with Crippen LogP contribution in [0.5, 0.6) is 0 Å². The third kappa shape index (κ3) is 1.95. The number of Topliss-reactive ketones (excluding diaryl/α,β-unsaturated/α-hetero) is 1. The van der Waals surface area contributed by atoms with Gasteiger partial charge in [0.05, 0.1) is 6.10 Å². The Labute approximate surface area is 97.7 Å². The number of hydrogen-bond acceptors (Lipinski definition) is 2. The molecule has 16 heavy (non-hydrogen) atoms. The van der Waals surface area contributed by atoms with E-state index in [0.717, 1.165) is 12.8 Å². The Kier molecular flexibility index (Phi) is 3.20. The van der Waals surface area contributed by atoms with Gasteiger partial charge in [-0.15, -0.1) is 0 Å². The van der Waals surface area contributed by atoms with Crippen LogP contribution >= 0.6 is 0 Å². The van der Waals surface area contributed by atoms with Crippen molar-refractivity contribution in [2.75, 3.05) is 0 Å². The molecule has 0 saturated heterocycles. The van der Waals surface area contributed by atoms with Crippen molar-refractivity contribution in [2.24, 2.45) is 17.8 Å². The normalized spacial score (nSPS) is 39.5. The van der Waals surface area contributed by atoms with Gasteiger partial charge in [0.2, 0.25) is 0 Å². The Hall–Kier alpha value is -0.630. The molecule has 0 aromatic rings. The quantitative estimate of drug-likeness (QED) is 0.693. The van der Waals surface area contributed by atoms with E-state index in [2.05, 4.69) is 13.8 Å². The highest BCUT2D eigenvalue weighted by molar-refractivity contribution is 5.79. The van der Waals surface area contributed by atoms with Gasteiger partial charge < -0.3 is 5.11 Å². The molecule has 2 heteroatoms. The maximum absolute atomic E-state index is 11.6. The number of hydrogen-bond donors (Lipinski definition) is 1. The number of carbonyl (C=O) groups is 1. The average Bonchev–Trinajstić information content (AvgIpc) is 2.49. The van der Waals surface area contributed by atoms with Gasteiger partial charge in [0, 0.05) is 5.92 Å². The van der Waals surface area contributed by atoms with Crippen LogP contribution in [0.15, 0.2) is 11.1 Å². The van der Waals surface area contributed by atoms with E-state index in [9.17, 15) is 9.90 Å². The Morgan fingerprint density at radius 1 is 1.44 bits per heavy atom. The van der Waals surface area contributed by atoms with Gasteiger partial charge in [0.25, 0.3) is 0 Å². The van der Waals surface area contributed by atoms with E-state index >= 15 is 0 Å². The zero-order valence-corrected chi connectivity index (χ0v) is 10.5. The highest BCUT2D eigenvalue weighted by Crippen LogP contribution is 2.45. The number of fused-ring (bicyclic) bond motifs is 1. The van der Waals surface area contributed by atoms with Crippen molar-refractivity contribution in [1.82, 2.24) is 0 Å². The monoisotopic (exact) mass is 222 g/mol. The van der Waals surface area contributed by atoms with Gasteiger partial charge in [0.1, 0.15) is 5.78 Å². The lowest BCUT2D eigenvalue weighted by Crippen LogP contribution is -2.26. The van der Waals surface area contributed by atoms with Crippen molar-refractivity contribution in [3.8, 4) is 0 Å². The lowest BCUT2D eigenvalue weighted by molar-refractivity contribution is -0.124. The molecule has 0 spiro atoms. The summed E-state index contributed by atoms with van der Waals surface area (Å²) in [5.74, 6) is 1.13. The third-order valence-corrected chi connectivity index (χ3v) is 4.55. The summed E-state index contributed by atoms with van der Waals surface area (Å²) in [6, 6.07) is 0. The second-order valence-corrected chi connectivity index (χ2v) is 5.65. The summed E-state index contributed by atoms with van der Waals surface area (Å²) in [6.45, 7) is 6.02. The van der Waals surface area contributed by atoms with E-state index in [4.69, 9.17) is 0 Å². The fourth-order valence-corrected chi connectivity index (χ4v) is 3.47. The Morgan fingerprint density at radius 3 is 2.75 bits per heavy atom. The molecule has 0 aromatic heterocycles. The zero-order valence-electron chi connectivity index (χ0n) is 10.5. The van der Waals surface area contributed by atoms with Gasteiger partial charge in [0.15, 0.2) is 0 Å². The average molecular weight is 222 g/mol. The first-order valence-corrected chi connectivity index (χ1v) is 6.37. The first-order chi connectivity index (χ1) is 7.50. The van der Waals surface area contributed by atoms with Crippen molar-refractivity contribution in [3.05, 3.63) is 11.1 Å². The molecule has 1 saturated carbocycles. The number of aliphatic hydroxyl groups is 1. The van der Waals surface area contributed by atoms with Crippen LogP contribution in [0.1, 0.15) is 46.5 Å². The predicted molar refractivity (Wildman–Crippen MR) is 64.0 cm³/mol. The van der Waals surface area contributed by atoms with Crippen LogP contribution in [0.25, 0.3) is 0 Å². The van der Waals surface area contributed by atoms with Gasteiger partial charge in [-0.3, -0.25) is 4.79 Å². The number of ketones is 1. The van der Waals surface area contributed by atoms with Crippen LogP contribution in [-0.4, -0.2) is 17.0 Å². The number of aliphatic hydroxyl groups excluding tert-OH is 1. The predicted octanol–water partition coefficient (Wildman–Crippen LogP) is 2.71. The van der Waals surface area contributed by atoms with Crippen molar-refractivity contribution < 1.29 is 9.90 Å². The van der Waals surface area contributed by atoms with Crippen molar-refractivity contribution in [2.45, 2.75) is 52.6 Å². The minimum Gasteiger partial charge on any atom is -0.392 e. The molecule has 0 amide bonds. The second-order valence-electron chi connectivity index (χ2n) is 5.65. The standard InChI is InChI=1S/C14H22O2/c1-8-4-5-11-9(2)6-14(16)13(10(3)15)7-12(8)11/h9,11,13-14,16H,4-7H2,1-3H3/t9-,11+,13+,14+/m1/s1. The maximum Gasteiger partial charge on any atom is 0.135 e. The van der Waals surface area contributed by atoms with E-state index in [1.54, 1.807) is 6.92 Å². The summed E-state index contributed by atoms with van der Waals surface area (Å²) in [5, 5.41) is 10.1. The molecule has 1 fully saturated rings.